The molecule has 0 aliphatic rings. The van der Waals surface area contributed by atoms with Crippen LogP contribution in [-0.4, -0.2) is 10.1 Å². The van der Waals surface area contributed by atoms with Gasteiger partial charge in [-0.1, -0.05) is 23.2 Å². The molecule has 0 amide bonds. The van der Waals surface area contributed by atoms with E-state index in [0.717, 1.165) is 17.1 Å². The van der Waals surface area contributed by atoms with E-state index in [2.05, 4.69) is 15.6 Å². The average molecular weight is 378 g/mol. The Morgan fingerprint density at radius 2 is 1.75 bits per heavy atom. The minimum absolute atomic E-state index is 0.453. The summed E-state index contributed by atoms with van der Waals surface area (Å²) in [5, 5.41) is 7.77. The lowest BCUT2D eigenvalue weighted by atomic mass is 10.2. The van der Waals surface area contributed by atoms with Crippen LogP contribution in [0.3, 0.4) is 0 Å². The summed E-state index contributed by atoms with van der Waals surface area (Å²) in [6.07, 6.45) is 1.55. The molecule has 2 N–H and O–H groups in total. The second kappa shape index (κ2) is 7.66. The molecule has 122 valence electrons. The number of anilines is 1. The van der Waals surface area contributed by atoms with Crippen LogP contribution in [0, 0.1) is 0 Å². The van der Waals surface area contributed by atoms with Gasteiger partial charge in [0.25, 0.3) is 0 Å². The van der Waals surface area contributed by atoms with E-state index in [1.54, 1.807) is 18.3 Å². The molecule has 0 atom stereocenters. The van der Waals surface area contributed by atoms with Gasteiger partial charge in [-0.25, -0.2) is 4.98 Å². The van der Waals surface area contributed by atoms with Crippen molar-refractivity contribution >= 4 is 46.4 Å². The predicted octanol–water partition coefficient (Wildman–Crippen LogP) is 5.14. The monoisotopic (exact) mass is 377 g/mol. The molecule has 0 aliphatic carbocycles. The number of benzene rings is 1. The molecule has 0 unspecified atom stereocenters. The minimum atomic E-state index is 0.453. The zero-order valence-corrected chi connectivity index (χ0v) is 14.8. The lowest BCUT2D eigenvalue weighted by molar-refractivity contribution is 0.516. The summed E-state index contributed by atoms with van der Waals surface area (Å²) in [6.45, 7) is 0.465. The quantitative estimate of drug-likeness (QED) is 0.616. The molecule has 4 nitrogen and oxygen atoms in total. The standard InChI is InChI=1S/C17H13Cl2N3OS/c18-12-3-1-11(2-4-12)15-7-6-14(23-15)10-21-17(24)22-16-8-5-13(19)9-20-16/h1-9H,10H2,(H2,20,21,22,24). The van der Waals surface area contributed by atoms with Crippen molar-refractivity contribution in [2.75, 3.05) is 5.32 Å². The van der Waals surface area contributed by atoms with E-state index >= 15 is 0 Å². The van der Waals surface area contributed by atoms with Gasteiger partial charge in [0, 0.05) is 16.8 Å². The smallest absolute Gasteiger partial charge is 0.172 e. The highest BCUT2D eigenvalue weighted by Crippen LogP contribution is 2.23. The van der Waals surface area contributed by atoms with Crippen molar-refractivity contribution in [1.29, 1.82) is 0 Å². The molecule has 2 heterocycles. The van der Waals surface area contributed by atoms with E-state index in [1.165, 1.54) is 0 Å². The first-order chi connectivity index (χ1) is 11.6. The first kappa shape index (κ1) is 16.8. The molecule has 3 aromatic rings. The van der Waals surface area contributed by atoms with Gasteiger partial charge in [0.2, 0.25) is 0 Å². The van der Waals surface area contributed by atoms with Crippen LogP contribution in [0.4, 0.5) is 5.82 Å². The first-order valence-corrected chi connectivity index (χ1v) is 8.27. The van der Waals surface area contributed by atoms with E-state index in [0.29, 0.717) is 27.5 Å². The van der Waals surface area contributed by atoms with Crippen LogP contribution in [0.1, 0.15) is 5.76 Å². The van der Waals surface area contributed by atoms with E-state index < -0.39 is 0 Å². The second-order valence-corrected chi connectivity index (χ2v) is 6.22. The van der Waals surface area contributed by atoms with Crippen LogP contribution >= 0.6 is 35.4 Å². The van der Waals surface area contributed by atoms with Gasteiger partial charge in [-0.3, -0.25) is 0 Å². The fourth-order valence-corrected chi connectivity index (χ4v) is 2.43. The van der Waals surface area contributed by atoms with Gasteiger partial charge in [0.1, 0.15) is 17.3 Å². The molecule has 0 saturated carbocycles. The third kappa shape index (κ3) is 4.47. The predicted molar refractivity (Wildman–Crippen MR) is 101 cm³/mol. The van der Waals surface area contributed by atoms with Crippen LogP contribution in [0.15, 0.2) is 59.1 Å². The fourth-order valence-electron chi connectivity index (χ4n) is 2.02. The summed E-state index contributed by atoms with van der Waals surface area (Å²) in [5.74, 6) is 2.17. The number of hydrogen-bond acceptors (Lipinski definition) is 3. The van der Waals surface area contributed by atoms with Crippen molar-refractivity contribution in [3.63, 3.8) is 0 Å². The van der Waals surface area contributed by atoms with E-state index in [1.807, 2.05) is 36.4 Å². The molecule has 24 heavy (non-hydrogen) atoms. The van der Waals surface area contributed by atoms with Crippen LogP contribution in [-0.2, 0) is 6.54 Å². The van der Waals surface area contributed by atoms with Crippen molar-refractivity contribution in [1.82, 2.24) is 10.3 Å². The Kier molecular flexibility index (Phi) is 5.35. The highest BCUT2D eigenvalue weighted by molar-refractivity contribution is 7.80. The van der Waals surface area contributed by atoms with Crippen molar-refractivity contribution in [2.24, 2.45) is 0 Å². The number of nitrogens with one attached hydrogen (secondary N) is 2. The lowest BCUT2D eigenvalue weighted by Gasteiger charge is -2.08. The molecule has 0 aliphatic heterocycles. The van der Waals surface area contributed by atoms with Gasteiger partial charge in [0.15, 0.2) is 5.11 Å². The number of aromatic nitrogens is 1. The minimum Gasteiger partial charge on any atom is -0.459 e. The Hall–Kier alpha value is -2.08. The van der Waals surface area contributed by atoms with Crippen LogP contribution < -0.4 is 10.6 Å². The molecular formula is C17H13Cl2N3OS. The van der Waals surface area contributed by atoms with Crippen LogP contribution in [0.2, 0.25) is 10.0 Å². The number of nitrogens with zero attached hydrogens (tertiary/aromatic N) is 1. The van der Waals surface area contributed by atoms with Crippen molar-refractivity contribution in [2.45, 2.75) is 6.54 Å². The van der Waals surface area contributed by atoms with Crippen molar-refractivity contribution < 1.29 is 4.42 Å². The maximum absolute atomic E-state index is 5.89. The Morgan fingerprint density at radius 1 is 1.00 bits per heavy atom. The van der Waals surface area contributed by atoms with Gasteiger partial charge < -0.3 is 15.1 Å². The molecule has 0 saturated heterocycles. The summed E-state index contributed by atoms with van der Waals surface area (Å²) in [7, 11) is 0. The number of rotatable bonds is 4. The van der Waals surface area contributed by atoms with E-state index in [4.69, 9.17) is 39.8 Å². The molecule has 3 rings (SSSR count). The Labute approximate surface area is 154 Å². The van der Waals surface area contributed by atoms with Gasteiger partial charge in [-0.05, 0) is 60.7 Å². The highest BCUT2D eigenvalue weighted by Gasteiger charge is 2.06. The summed E-state index contributed by atoms with van der Waals surface area (Å²) >= 11 is 16.9. The Bertz CT molecular complexity index is 832. The Morgan fingerprint density at radius 3 is 2.46 bits per heavy atom. The topological polar surface area (TPSA) is 50.1 Å². The van der Waals surface area contributed by atoms with Crippen LogP contribution in [0.5, 0.6) is 0 Å². The zero-order valence-electron chi connectivity index (χ0n) is 12.4. The highest BCUT2D eigenvalue weighted by atomic mass is 35.5. The summed E-state index contributed by atoms with van der Waals surface area (Å²) < 4.78 is 5.80. The molecular weight excluding hydrogens is 365 g/mol. The summed E-state index contributed by atoms with van der Waals surface area (Å²) in [5.41, 5.74) is 0.969. The normalized spacial score (nSPS) is 10.4. The van der Waals surface area contributed by atoms with Gasteiger partial charge >= 0.3 is 0 Å². The molecule has 7 heteroatoms. The molecule has 0 bridgehead atoms. The van der Waals surface area contributed by atoms with Gasteiger partial charge in [-0.15, -0.1) is 0 Å². The molecule has 0 spiro atoms. The third-order valence-corrected chi connectivity index (χ3v) is 3.90. The maximum atomic E-state index is 5.89. The van der Waals surface area contributed by atoms with E-state index in [9.17, 15) is 0 Å². The number of thiocarbonyl (C=S) groups is 1. The van der Waals surface area contributed by atoms with E-state index in [-0.39, 0.29) is 0 Å². The maximum Gasteiger partial charge on any atom is 0.172 e. The summed E-state index contributed by atoms with van der Waals surface area (Å²) in [6, 6.07) is 14.8. The zero-order chi connectivity index (χ0) is 16.9. The van der Waals surface area contributed by atoms with Crippen molar-refractivity contribution in [3.8, 4) is 11.3 Å². The molecule has 0 fully saturated rings. The molecule has 2 aromatic heterocycles. The van der Waals surface area contributed by atoms with Crippen molar-refractivity contribution in [3.05, 3.63) is 70.5 Å². The number of hydrogen-bond donors (Lipinski definition) is 2. The van der Waals surface area contributed by atoms with Gasteiger partial charge in [-0.2, -0.15) is 0 Å². The largest absolute Gasteiger partial charge is 0.459 e. The number of furan rings is 1. The van der Waals surface area contributed by atoms with Gasteiger partial charge in [0.05, 0.1) is 11.6 Å². The second-order valence-electron chi connectivity index (χ2n) is 4.94. The Balaban J connectivity index is 1.56. The fraction of sp³-hybridized carbons (Fsp3) is 0.0588. The SMILES string of the molecule is S=C(NCc1ccc(-c2ccc(Cl)cc2)o1)Nc1ccc(Cl)cn1. The molecule has 1 aromatic carbocycles. The summed E-state index contributed by atoms with van der Waals surface area (Å²) in [4.78, 5) is 4.12. The first-order valence-electron chi connectivity index (χ1n) is 7.11. The average Bonchev–Trinajstić information content (AvgIpc) is 3.05. The number of pyridine rings is 1. The lowest BCUT2D eigenvalue weighted by Crippen LogP contribution is -2.28. The number of halogens is 2. The van der Waals surface area contributed by atoms with Crippen LogP contribution in [0.25, 0.3) is 11.3 Å². The third-order valence-electron chi connectivity index (χ3n) is 3.18. The molecule has 0 radical (unpaired) electrons.